The van der Waals surface area contributed by atoms with Gasteiger partial charge in [0.1, 0.15) is 22.5 Å². The van der Waals surface area contributed by atoms with Crippen molar-refractivity contribution in [1.82, 2.24) is 0 Å². The Balaban J connectivity index is 1.65. The van der Waals surface area contributed by atoms with E-state index in [0.29, 0.717) is 12.0 Å². The van der Waals surface area contributed by atoms with Gasteiger partial charge in [-0.05, 0) is 69.4 Å². The lowest BCUT2D eigenvalue weighted by Gasteiger charge is -2.38. The number of ether oxygens (including phenoxy) is 1. The molecule has 5 rings (SSSR count). The molecule has 3 aromatic rings. The third-order valence-electron chi connectivity index (χ3n) is 6.72. The Kier molecular flexibility index (Phi) is 5.36. The second kappa shape index (κ2) is 7.98. The summed E-state index contributed by atoms with van der Waals surface area (Å²) in [5.74, 6) is 0.771. The Morgan fingerprint density at radius 1 is 1.12 bits per heavy atom. The SMILES string of the molecule is CC(C)(C)OC(=O)[C@@]1([C@@H]2CCCc3oc(-c4ccccc4)cc32)Cc2ccc(Br)cc2C1=O. The van der Waals surface area contributed by atoms with E-state index >= 15 is 0 Å². The topological polar surface area (TPSA) is 56.5 Å². The van der Waals surface area contributed by atoms with Crippen LogP contribution in [-0.4, -0.2) is 17.4 Å². The highest BCUT2D eigenvalue weighted by atomic mass is 79.9. The smallest absolute Gasteiger partial charge is 0.321 e. The van der Waals surface area contributed by atoms with E-state index in [9.17, 15) is 9.59 Å². The number of aryl methyl sites for hydroxylation is 1. The zero-order valence-corrected chi connectivity index (χ0v) is 20.7. The van der Waals surface area contributed by atoms with Crippen LogP contribution in [0.3, 0.4) is 0 Å². The molecule has 1 heterocycles. The third-order valence-corrected chi connectivity index (χ3v) is 7.21. The molecule has 0 saturated carbocycles. The number of rotatable bonds is 3. The van der Waals surface area contributed by atoms with Crippen molar-refractivity contribution >= 4 is 27.7 Å². The summed E-state index contributed by atoms with van der Waals surface area (Å²) in [6.45, 7) is 5.54. The van der Waals surface area contributed by atoms with Crippen molar-refractivity contribution < 1.29 is 18.7 Å². The molecule has 0 saturated heterocycles. The predicted octanol–water partition coefficient (Wildman–Crippen LogP) is 6.90. The second-order valence-corrected chi connectivity index (χ2v) is 11.0. The Morgan fingerprint density at radius 3 is 2.61 bits per heavy atom. The molecular weight excluding hydrogens is 480 g/mol. The summed E-state index contributed by atoms with van der Waals surface area (Å²) in [6, 6.07) is 17.7. The number of furan rings is 1. The molecule has 1 aromatic heterocycles. The fourth-order valence-corrected chi connectivity index (χ4v) is 5.67. The quantitative estimate of drug-likeness (QED) is 0.286. The first kappa shape index (κ1) is 22.1. The van der Waals surface area contributed by atoms with Crippen LogP contribution in [-0.2, 0) is 22.4 Å². The van der Waals surface area contributed by atoms with Gasteiger partial charge in [0.2, 0.25) is 0 Å². The lowest BCUT2D eigenvalue weighted by atomic mass is 9.65. The number of Topliss-reactive ketones (excluding diaryl/α,β-unsaturated/α-hetero) is 1. The lowest BCUT2D eigenvalue weighted by molar-refractivity contribution is -0.165. The Bertz CT molecular complexity index is 1230. The first-order valence-corrected chi connectivity index (χ1v) is 12.2. The molecule has 0 aliphatic heterocycles. The van der Waals surface area contributed by atoms with E-state index in [2.05, 4.69) is 15.9 Å². The molecule has 0 unspecified atom stereocenters. The highest BCUT2D eigenvalue weighted by Crippen LogP contribution is 2.54. The predicted molar refractivity (Wildman–Crippen MR) is 130 cm³/mol. The van der Waals surface area contributed by atoms with Gasteiger partial charge in [-0.2, -0.15) is 0 Å². The average molecular weight is 507 g/mol. The van der Waals surface area contributed by atoms with Crippen molar-refractivity contribution in [2.45, 2.75) is 58.0 Å². The number of esters is 1. The van der Waals surface area contributed by atoms with Gasteiger partial charge >= 0.3 is 5.97 Å². The lowest BCUT2D eigenvalue weighted by Crippen LogP contribution is -2.47. The van der Waals surface area contributed by atoms with E-state index < -0.39 is 17.0 Å². The van der Waals surface area contributed by atoms with Gasteiger partial charge in [0.25, 0.3) is 0 Å². The minimum atomic E-state index is -1.29. The van der Waals surface area contributed by atoms with Crippen molar-refractivity contribution in [2.75, 3.05) is 0 Å². The summed E-state index contributed by atoms with van der Waals surface area (Å²) in [5.41, 5.74) is 1.47. The van der Waals surface area contributed by atoms with Crippen molar-refractivity contribution in [3.63, 3.8) is 0 Å². The van der Waals surface area contributed by atoms with Crippen molar-refractivity contribution in [3.8, 4) is 11.3 Å². The Hall–Kier alpha value is -2.66. The fraction of sp³-hybridized carbons (Fsp3) is 0.357. The van der Waals surface area contributed by atoms with Gasteiger partial charge in [0.15, 0.2) is 5.78 Å². The molecule has 2 atom stereocenters. The standard InChI is InChI=1S/C28H27BrO4/c1-27(2,3)33-26(31)28(16-18-12-13-19(29)14-20(18)25(28)30)22-10-7-11-23-21(22)15-24(32-23)17-8-5-4-6-9-17/h4-6,8-9,12-15,22H,7,10-11,16H2,1-3H3/t22-,28-/m1/s1. The van der Waals surface area contributed by atoms with Gasteiger partial charge in [-0.3, -0.25) is 9.59 Å². The number of carbonyl (C=O) groups is 2. The fourth-order valence-electron chi connectivity index (χ4n) is 5.30. The van der Waals surface area contributed by atoms with Crippen LogP contribution < -0.4 is 0 Å². The summed E-state index contributed by atoms with van der Waals surface area (Å²) in [4.78, 5) is 27.9. The molecule has 0 radical (unpaired) electrons. The molecular formula is C28H27BrO4. The van der Waals surface area contributed by atoms with E-state index in [1.807, 2.05) is 75.4 Å². The maximum Gasteiger partial charge on any atom is 0.321 e. The molecule has 0 fully saturated rings. The van der Waals surface area contributed by atoms with Gasteiger partial charge in [-0.1, -0.05) is 52.3 Å². The molecule has 0 spiro atoms. The maximum atomic E-state index is 14.0. The molecule has 0 amide bonds. The van der Waals surface area contributed by atoms with Gasteiger partial charge in [0, 0.05) is 27.9 Å². The summed E-state index contributed by atoms with van der Waals surface area (Å²) < 4.78 is 13.0. The number of fused-ring (bicyclic) bond motifs is 2. The average Bonchev–Trinajstić information content (AvgIpc) is 3.33. The van der Waals surface area contributed by atoms with E-state index in [-0.39, 0.29) is 11.7 Å². The van der Waals surface area contributed by atoms with Crippen LogP contribution in [0.4, 0.5) is 0 Å². The monoisotopic (exact) mass is 506 g/mol. The van der Waals surface area contributed by atoms with Gasteiger partial charge in [0.05, 0.1) is 0 Å². The molecule has 0 N–H and O–H groups in total. The second-order valence-electron chi connectivity index (χ2n) is 10.1. The Morgan fingerprint density at radius 2 is 1.88 bits per heavy atom. The van der Waals surface area contributed by atoms with Crippen molar-refractivity contribution in [3.05, 3.63) is 81.5 Å². The summed E-state index contributed by atoms with van der Waals surface area (Å²) in [6.07, 6.45) is 2.74. The number of ketones is 1. The zero-order chi connectivity index (χ0) is 23.4. The first-order valence-electron chi connectivity index (χ1n) is 11.4. The molecule has 2 aromatic carbocycles. The number of halogens is 1. The number of carbonyl (C=O) groups excluding carboxylic acids is 2. The van der Waals surface area contributed by atoms with E-state index in [0.717, 1.165) is 51.9 Å². The van der Waals surface area contributed by atoms with Crippen LogP contribution >= 0.6 is 15.9 Å². The van der Waals surface area contributed by atoms with Crippen molar-refractivity contribution in [1.29, 1.82) is 0 Å². The first-order chi connectivity index (χ1) is 15.7. The number of hydrogen-bond donors (Lipinski definition) is 0. The minimum absolute atomic E-state index is 0.145. The highest BCUT2D eigenvalue weighted by molar-refractivity contribution is 9.10. The Labute approximate surface area is 202 Å². The van der Waals surface area contributed by atoms with Crippen LogP contribution in [0.2, 0.25) is 0 Å². The molecule has 5 heteroatoms. The van der Waals surface area contributed by atoms with Crippen LogP contribution in [0.25, 0.3) is 11.3 Å². The number of benzene rings is 2. The van der Waals surface area contributed by atoms with Gasteiger partial charge in [-0.15, -0.1) is 0 Å². The van der Waals surface area contributed by atoms with Gasteiger partial charge in [-0.25, -0.2) is 0 Å². The van der Waals surface area contributed by atoms with E-state index in [1.165, 1.54) is 0 Å². The highest BCUT2D eigenvalue weighted by Gasteiger charge is 2.59. The molecule has 2 aliphatic rings. The normalized spacial score (nSPS) is 22.1. The minimum Gasteiger partial charge on any atom is -0.461 e. The van der Waals surface area contributed by atoms with E-state index in [1.54, 1.807) is 0 Å². The van der Waals surface area contributed by atoms with Crippen LogP contribution in [0.1, 0.15) is 66.8 Å². The molecule has 170 valence electrons. The summed E-state index contributed by atoms with van der Waals surface area (Å²) in [7, 11) is 0. The largest absolute Gasteiger partial charge is 0.461 e. The number of hydrogen-bond acceptors (Lipinski definition) is 4. The van der Waals surface area contributed by atoms with Gasteiger partial charge < -0.3 is 9.15 Å². The molecule has 0 bridgehead atoms. The molecule has 33 heavy (non-hydrogen) atoms. The summed E-state index contributed by atoms with van der Waals surface area (Å²) >= 11 is 3.48. The van der Waals surface area contributed by atoms with E-state index in [4.69, 9.17) is 9.15 Å². The van der Waals surface area contributed by atoms with Crippen molar-refractivity contribution in [2.24, 2.45) is 5.41 Å². The molecule has 2 aliphatic carbocycles. The summed E-state index contributed by atoms with van der Waals surface area (Å²) in [5, 5.41) is 0. The third kappa shape index (κ3) is 3.76. The van der Waals surface area contributed by atoms with Crippen LogP contribution in [0, 0.1) is 5.41 Å². The van der Waals surface area contributed by atoms with Crippen LogP contribution in [0.15, 0.2) is 63.5 Å². The maximum absolute atomic E-state index is 14.0. The zero-order valence-electron chi connectivity index (χ0n) is 19.1. The molecule has 4 nitrogen and oxygen atoms in total. The van der Waals surface area contributed by atoms with Crippen LogP contribution in [0.5, 0.6) is 0 Å².